The number of nitrogens with zero attached hydrogens (tertiary/aromatic N) is 1. The molecule has 0 radical (unpaired) electrons. The van der Waals surface area contributed by atoms with Crippen molar-refractivity contribution in [1.82, 2.24) is 4.98 Å². The van der Waals surface area contributed by atoms with Crippen molar-refractivity contribution in [3.8, 4) is 0 Å². The number of nitrogens with one attached hydrogen (secondary N) is 1. The van der Waals surface area contributed by atoms with Gasteiger partial charge in [0.1, 0.15) is 11.6 Å². The van der Waals surface area contributed by atoms with E-state index in [-0.39, 0.29) is 0 Å². The highest BCUT2D eigenvalue weighted by Crippen LogP contribution is 2.11. The zero-order valence-electron chi connectivity index (χ0n) is 5.76. The van der Waals surface area contributed by atoms with Crippen LogP contribution in [-0.2, 0) is 0 Å². The fourth-order valence-corrected chi connectivity index (χ4v) is 0.702. The molecule has 0 aliphatic heterocycles. The number of rotatable bonds is 1. The highest BCUT2D eigenvalue weighted by atomic mass is 15.0. The summed E-state index contributed by atoms with van der Waals surface area (Å²) in [6, 6.07) is 3.33. The summed E-state index contributed by atoms with van der Waals surface area (Å²) in [7, 11) is 1.77. The van der Waals surface area contributed by atoms with Crippen LogP contribution in [0.5, 0.6) is 0 Å². The van der Waals surface area contributed by atoms with E-state index in [1.54, 1.807) is 19.2 Å². The van der Waals surface area contributed by atoms with Crippen molar-refractivity contribution in [3.63, 3.8) is 0 Å². The van der Waals surface area contributed by atoms with E-state index >= 15 is 0 Å². The van der Waals surface area contributed by atoms with Gasteiger partial charge in [-0.1, -0.05) is 0 Å². The second kappa shape index (κ2) is 2.43. The smallest absolute Gasteiger partial charge is 0.130 e. The molecule has 0 aromatic carbocycles. The number of aromatic nitrogens is 1. The normalized spacial score (nSPS) is 9.30. The number of nitrogen functional groups attached to an aromatic ring is 2. The minimum Gasteiger partial charge on any atom is -0.399 e. The van der Waals surface area contributed by atoms with E-state index in [1.165, 1.54) is 0 Å². The van der Waals surface area contributed by atoms with Crippen LogP contribution in [0, 0.1) is 0 Å². The average molecular weight is 138 g/mol. The first kappa shape index (κ1) is 6.67. The van der Waals surface area contributed by atoms with E-state index in [2.05, 4.69) is 10.3 Å². The molecule has 1 heterocycles. The molecule has 0 atom stereocenters. The minimum absolute atomic E-state index is 0.435. The predicted molar refractivity (Wildman–Crippen MR) is 42.6 cm³/mol. The first-order valence-corrected chi connectivity index (χ1v) is 2.93. The number of hydrogen-bond donors (Lipinski definition) is 3. The van der Waals surface area contributed by atoms with Gasteiger partial charge < -0.3 is 16.8 Å². The summed E-state index contributed by atoms with van der Waals surface area (Å²) < 4.78 is 0. The Kier molecular flexibility index (Phi) is 1.62. The molecule has 0 amide bonds. The maximum absolute atomic E-state index is 5.48. The Labute approximate surface area is 59.2 Å². The second-order valence-electron chi connectivity index (χ2n) is 1.96. The molecule has 0 saturated carbocycles. The van der Waals surface area contributed by atoms with E-state index in [9.17, 15) is 0 Å². The van der Waals surface area contributed by atoms with E-state index in [4.69, 9.17) is 11.5 Å². The van der Waals surface area contributed by atoms with Crippen LogP contribution < -0.4 is 16.8 Å². The fraction of sp³-hybridized carbons (Fsp3) is 0.167. The average Bonchev–Trinajstić information content (AvgIpc) is 1.85. The first-order valence-electron chi connectivity index (χ1n) is 2.93. The van der Waals surface area contributed by atoms with Crippen molar-refractivity contribution < 1.29 is 0 Å². The summed E-state index contributed by atoms with van der Waals surface area (Å²) >= 11 is 0. The van der Waals surface area contributed by atoms with Gasteiger partial charge in [0.15, 0.2) is 0 Å². The van der Waals surface area contributed by atoms with Crippen LogP contribution in [-0.4, -0.2) is 12.0 Å². The Morgan fingerprint density at radius 1 is 1.40 bits per heavy atom. The minimum atomic E-state index is 0.435. The maximum atomic E-state index is 5.48. The highest BCUT2D eigenvalue weighted by molar-refractivity contribution is 5.55. The van der Waals surface area contributed by atoms with E-state index in [0.717, 1.165) is 0 Å². The van der Waals surface area contributed by atoms with Gasteiger partial charge in [0.05, 0.1) is 0 Å². The molecule has 0 aliphatic carbocycles. The third-order valence-corrected chi connectivity index (χ3v) is 1.12. The van der Waals surface area contributed by atoms with Crippen molar-refractivity contribution in [2.75, 3.05) is 23.8 Å². The molecule has 0 saturated heterocycles. The molecule has 54 valence electrons. The van der Waals surface area contributed by atoms with Gasteiger partial charge >= 0.3 is 0 Å². The molecule has 5 N–H and O–H groups in total. The number of hydrogen-bond acceptors (Lipinski definition) is 4. The summed E-state index contributed by atoms with van der Waals surface area (Å²) in [6.45, 7) is 0. The highest BCUT2D eigenvalue weighted by Gasteiger charge is 1.93. The Balaban J connectivity index is 3.06. The summed E-state index contributed by atoms with van der Waals surface area (Å²) in [6.07, 6.45) is 0. The van der Waals surface area contributed by atoms with Gasteiger partial charge in [0.2, 0.25) is 0 Å². The molecule has 0 fully saturated rings. The van der Waals surface area contributed by atoms with E-state index in [1.807, 2.05) is 0 Å². The lowest BCUT2D eigenvalue weighted by Crippen LogP contribution is -1.98. The standard InChI is InChI=1S/C6H10N4/c1-9-6-3-4(7)2-5(8)10-6/h2-3H,1H3,(H5,7,8,9,10). The van der Waals surface area contributed by atoms with Crippen molar-refractivity contribution in [1.29, 1.82) is 0 Å². The number of pyridine rings is 1. The Hall–Kier alpha value is -1.45. The molecule has 1 aromatic heterocycles. The van der Waals surface area contributed by atoms with E-state index < -0.39 is 0 Å². The van der Waals surface area contributed by atoms with Crippen LogP contribution in [0.4, 0.5) is 17.3 Å². The zero-order chi connectivity index (χ0) is 7.56. The molecule has 0 aliphatic rings. The van der Waals surface area contributed by atoms with Crippen LogP contribution in [0.3, 0.4) is 0 Å². The Morgan fingerprint density at radius 2 is 2.10 bits per heavy atom. The first-order chi connectivity index (χ1) is 4.72. The third-order valence-electron chi connectivity index (χ3n) is 1.12. The van der Waals surface area contributed by atoms with Gasteiger partial charge in [-0.25, -0.2) is 4.98 Å². The predicted octanol–water partition coefficient (Wildman–Crippen LogP) is 0.288. The van der Waals surface area contributed by atoms with Crippen LogP contribution in [0.25, 0.3) is 0 Å². The molecule has 1 aromatic rings. The van der Waals surface area contributed by atoms with Crippen LogP contribution in [0.2, 0.25) is 0 Å². The second-order valence-corrected chi connectivity index (χ2v) is 1.96. The van der Waals surface area contributed by atoms with Gasteiger partial charge in [-0.15, -0.1) is 0 Å². The molecule has 0 spiro atoms. The lowest BCUT2D eigenvalue weighted by Gasteiger charge is -2.00. The van der Waals surface area contributed by atoms with Gasteiger partial charge in [0.25, 0.3) is 0 Å². The lowest BCUT2D eigenvalue weighted by molar-refractivity contribution is 1.30. The van der Waals surface area contributed by atoms with Gasteiger partial charge in [-0.3, -0.25) is 0 Å². The topological polar surface area (TPSA) is 77.0 Å². The molecular weight excluding hydrogens is 128 g/mol. The molecule has 0 bridgehead atoms. The summed E-state index contributed by atoms with van der Waals surface area (Å²) in [5.74, 6) is 1.13. The Bertz CT molecular complexity index is 213. The summed E-state index contributed by atoms with van der Waals surface area (Å²) in [4.78, 5) is 3.94. The zero-order valence-corrected chi connectivity index (χ0v) is 5.76. The van der Waals surface area contributed by atoms with Crippen molar-refractivity contribution in [2.45, 2.75) is 0 Å². The molecule has 4 heteroatoms. The number of nitrogens with two attached hydrogens (primary N) is 2. The van der Waals surface area contributed by atoms with Crippen LogP contribution in [0.15, 0.2) is 12.1 Å². The van der Waals surface area contributed by atoms with Crippen LogP contribution >= 0.6 is 0 Å². The quantitative estimate of drug-likeness (QED) is 0.521. The van der Waals surface area contributed by atoms with Gasteiger partial charge in [-0.05, 0) is 0 Å². The number of anilines is 3. The lowest BCUT2D eigenvalue weighted by atomic mass is 10.4. The molecule has 0 unspecified atom stereocenters. The maximum Gasteiger partial charge on any atom is 0.130 e. The summed E-state index contributed by atoms with van der Waals surface area (Å²) in [5.41, 5.74) is 11.5. The van der Waals surface area contributed by atoms with Gasteiger partial charge in [-0.2, -0.15) is 0 Å². The molecule has 1 rings (SSSR count). The third kappa shape index (κ3) is 1.28. The van der Waals surface area contributed by atoms with Crippen molar-refractivity contribution in [2.24, 2.45) is 0 Å². The van der Waals surface area contributed by atoms with Gasteiger partial charge in [0, 0.05) is 24.9 Å². The molecular formula is C6H10N4. The Morgan fingerprint density at radius 3 is 2.60 bits per heavy atom. The van der Waals surface area contributed by atoms with Crippen molar-refractivity contribution in [3.05, 3.63) is 12.1 Å². The van der Waals surface area contributed by atoms with Crippen molar-refractivity contribution >= 4 is 17.3 Å². The largest absolute Gasteiger partial charge is 0.399 e. The molecule has 4 nitrogen and oxygen atoms in total. The monoisotopic (exact) mass is 138 g/mol. The van der Waals surface area contributed by atoms with Crippen LogP contribution in [0.1, 0.15) is 0 Å². The SMILES string of the molecule is CNc1cc(N)cc(N)n1. The van der Waals surface area contributed by atoms with E-state index in [0.29, 0.717) is 17.3 Å². The fourth-order valence-electron chi connectivity index (χ4n) is 0.702. The summed E-state index contributed by atoms with van der Waals surface area (Å²) in [5, 5.41) is 2.84. The molecule has 10 heavy (non-hydrogen) atoms.